The van der Waals surface area contributed by atoms with Crippen LogP contribution in [0.2, 0.25) is 0 Å². The van der Waals surface area contributed by atoms with Crippen LogP contribution in [0.4, 0.5) is 0 Å². The SMILES string of the molecule is O=C(ON1C(=O)c2ccccc2C1=O)c1ccc(COc2ccccc2)cc1. The molecule has 1 aliphatic heterocycles. The third-order valence-corrected chi connectivity index (χ3v) is 4.27. The van der Waals surface area contributed by atoms with Crippen molar-refractivity contribution in [2.75, 3.05) is 0 Å². The Bertz CT molecular complexity index is 1010. The number of carbonyl (C=O) groups is 3. The molecule has 0 N–H and O–H groups in total. The van der Waals surface area contributed by atoms with E-state index in [1.54, 1.807) is 36.4 Å². The van der Waals surface area contributed by atoms with Crippen molar-refractivity contribution in [3.63, 3.8) is 0 Å². The van der Waals surface area contributed by atoms with Gasteiger partial charge in [-0.15, -0.1) is 0 Å². The monoisotopic (exact) mass is 373 g/mol. The van der Waals surface area contributed by atoms with Gasteiger partial charge in [-0.1, -0.05) is 47.5 Å². The topological polar surface area (TPSA) is 72.9 Å². The van der Waals surface area contributed by atoms with Crippen molar-refractivity contribution in [1.82, 2.24) is 5.06 Å². The van der Waals surface area contributed by atoms with Crippen LogP contribution in [0, 0.1) is 0 Å². The van der Waals surface area contributed by atoms with Crippen LogP contribution in [0.5, 0.6) is 5.75 Å². The lowest BCUT2D eigenvalue weighted by atomic mass is 10.1. The van der Waals surface area contributed by atoms with Crippen molar-refractivity contribution in [2.24, 2.45) is 0 Å². The minimum absolute atomic E-state index is 0.216. The molecule has 0 saturated carbocycles. The van der Waals surface area contributed by atoms with Gasteiger partial charge < -0.3 is 9.57 Å². The Hall–Kier alpha value is -3.93. The summed E-state index contributed by atoms with van der Waals surface area (Å²) in [5.74, 6) is -1.34. The molecule has 4 rings (SSSR count). The highest BCUT2D eigenvalue weighted by Gasteiger charge is 2.38. The van der Waals surface area contributed by atoms with Crippen LogP contribution in [-0.4, -0.2) is 22.8 Å². The van der Waals surface area contributed by atoms with Crippen molar-refractivity contribution >= 4 is 17.8 Å². The Morgan fingerprint density at radius 1 is 0.750 bits per heavy atom. The van der Waals surface area contributed by atoms with E-state index in [0.717, 1.165) is 11.3 Å². The van der Waals surface area contributed by atoms with Crippen molar-refractivity contribution in [1.29, 1.82) is 0 Å². The number of hydroxylamine groups is 2. The van der Waals surface area contributed by atoms with Gasteiger partial charge in [-0.2, -0.15) is 0 Å². The molecule has 6 heteroatoms. The van der Waals surface area contributed by atoms with E-state index in [1.807, 2.05) is 30.3 Å². The summed E-state index contributed by atoms with van der Waals surface area (Å²) >= 11 is 0. The van der Waals surface area contributed by atoms with Crippen LogP contribution >= 0.6 is 0 Å². The largest absolute Gasteiger partial charge is 0.489 e. The van der Waals surface area contributed by atoms with Crippen LogP contribution in [0.15, 0.2) is 78.9 Å². The van der Waals surface area contributed by atoms with Crippen LogP contribution in [0.1, 0.15) is 36.6 Å². The number of para-hydroxylation sites is 1. The maximum absolute atomic E-state index is 12.3. The first-order valence-electron chi connectivity index (χ1n) is 8.60. The first kappa shape index (κ1) is 17.5. The van der Waals surface area contributed by atoms with Gasteiger partial charge in [-0.05, 0) is 42.0 Å². The van der Waals surface area contributed by atoms with Crippen LogP contribution in [-0.2, 0) is 11.4 Å². The molecule has 0 atom stereocenters. The second-order valence-electron chi connectivity index (χ2n) is 6.13. The minimum atomic E-state index is -0.787. The summed E-state index contributed by atoms with van der Waals surface area (Å²) in [5.41, 5.74) is 1.52. The molecule has 28 heavy (non-hydrogen) atoms. The molecule has 0 unspecified atom stereocenters. The zero-order chi connectivity index (χ0) is 19.5. The molecule has 0 saturated heterocycles. The lowest BCUT2D eigenvalue weighted by Crippen LogP contribution is -2.32. The summed E-state index contributed by atoms with van der Waals surface area (Å²) in [7, 11) is 0. The minimum Gasteiger partial charge on any atom is -0.489 e. The Labute approximate surface area is 160 Å². The van der Waals surface area contributed by atoms with Gasteiger partial charge in [0, 0.05) is 0 Å². The lowest BCUT2D eigenvalue weighted by molar-refractivity contribution is -0.0584. The first-order chi connectivity index (χ1) is 13.6. The number of rotatable bonds is 5. The molecule has 0 radical (unpaired) electrons. The highest BCUT2D eigenvalue weighted by molar-refractivity contribution is 6.21. The number of fused-ring (bicyclic) bond motifs is 1. The molecule has 0 fully saturated rings. The van der Waals surface area contributed by atoms with E-state index in [2.05, 4.69) is 0 Å². The molecule has 2 amide bonds. The summed E-state index contributed by atoms with van der Waals surface area (Å²) in [6.07, 6.45) is 0. The molecular weight excluding hydrogens is 358 g/mol. The van der Waals surface area contributed by atoms with Crippen LogP contribution in [0.25, 0.3) is 0 Å². The Morgan fingerprint density at radius 2 is 1.32 bits per heavy atom. The van der Waals surface area contributed by atoms with E-state index in [-0.39, 0.29) is 16.7 Å². The summed E-state index contributed by atoms with van der Waals surface area (Å²) in [5, 5.41) is 0.499. The quantitative estimate of drug-likeness (QED) is 0.639. The number of hydrogen-bond acceptors (Lipinski definition) is 5. The van der Waals surface area contributed by atoms with Gasteiger partial charge in [-0.25, -0.2) is 4.79 Å². The highest BCUT2D eigenvalue weighted by Crippen LogP contribution is 2.23. The molecule has 3 aromatic carbocycles. The molecular formula is C22H15NO5. The summed E-state index contributed by atoms with van der Waals surface area (Å²) < 4.78 is 5.65. The van der Waals surface area contributed by atoms with Gasteiger partial charge in [0.05, 0.1) is 16.7 Å². The van der Waals surface area contributed by atoms with Gasteiger partial charge in [0.2, 0.25) is 0 Å². The predicted octanol–water partition coefficient (Wildman–Crippen LogP) is 3.63. The van der Waals surface area contributed by atoms with Gasteiger partial charge >= 0.3 is 5.97 Å². The molecule has 0 aliphatic carbocycles. The average molecular weight is 373 g/mol. The van der Waals surface area contributed by atoms with Crippen molar-refractivity contribution < 1.29 is 24.0 Å². The fourth-order valence-electron chi connectivity index (χ4n) is 2.81. The normalized spacial score (nSPS) is 12.6. The van der Waals surface area contributed by atoms with Gasteiger partial charge in [0.25, 0.3) is 11.8 Å². The fourth-order valence-corrected chi connectivity index (χ4v) is 2.81. The second-order valence-corrected chi connectivity index (χ2v) is 6.13. The highest BCUT2D eigenvalue weighted by atomic mass is 16.7. The summed E-state index contributed by atoms with van der Waals surface area (Å²) in [6, 6.07) is 22.3. The third-order valence-electron chi connectivity index (χ3n) is 4.27. The van der Waals surface area contributed by atoms with E-state index >= 15 is 0 Å². The number of ether oxygens (including phenoxy) is 1. The molecule has 6 nitrogen and oxygen atoms in total. The third kappa shape index (κ3) is 3.35. The van der Waals surface area contributed by atoms with Crippen LogP contribution < -0.4 is 4.74 Å². The van der Waals surface area contributed by atoms with Crippen molar-refractivity contribution in [3.8, 4) is 5.75 Å². The molecule has 1 heterocycles. The van der Waals surface area contributed by atoms with Crippen molar-refractivity contribution in [3.05, 3.63) is 101 Å². The van der Waals surface area contributed by atoms with Gasteiger partial charge in [0.15, 0.2) is 0 Å². The average Bonchev–Trinajstić information content (AvgIpc) is 2.98. The van der Waals surface area contributed by atoms with E-state index in [9.17, 15) is 14.4 Å². The summed E-state index contributed by atoms with van der Waals surface area (Å²) in [6.45, 7) is 0.345. The Kier molecular flexibility index (Phi) is 4.60. The maximum Gasteiger partial charge on any atom is 0.363 e. The Morgan fingerprint density at radius 3 is 1.93 bits per heavy atom. The van der Waals surface area contributed by atoms with E-state index in [4.69, 9.17) is 9.57 Å². The number of amides is 2. The number of hydrogen-bond donors (Lipinski definition) is 0. The standard InChI is InChI=1S/C22H15NO5/c24-20-18-8-4-5-9-19(18)21(25)23(20)28-22(26)16-12-10-15(11-13-16)14-27-17-6-2-1-3-7-17/h1-13H,14H2. The zero-order valence-electron chi connectivity index (χ0n) is 14.7. The number of nitrogens with zero attached hydrogens (tertiary/aromatic N) is 1. The molecule has 0 bridgehead atoms. The second kappa shape index (κ2) is 7.36. The number of imide groups is 1. The number of benzene rings is 3. The fraction of sp³-hybridized carbons (Fsp3) is 0.0455. The van der Waals surface area contributed by atoms with Crippen molar-refractivity contribution in [2.45, 2.75) is 6.61 Å². The zero-order valence-corrected chi connectivity index (χ0v) is 14.7. The van der Waals surface area contributed by atoms with E-state index < -0.39 is 17.8 Å². The first-order valence-corrected chi connectivity index (χ1v) is 8.60. The smallest absolute Gasteiger partial charge is 0.363 e. The van der Waals surface area contributed by atoms with E-state index in [1.165, 1.54) is 12.1 Å². The Balaban J connectivity index is 1.40. The van der Waals surface area contributed by atoms with E-state index in [0.29, 0.717) is 11.7 Å². The van der Waals surface area contributed by atoms with Crippen LogP contribution in [0.3, 0.4) is 0 Å². The molecule has 0 aromatic heterocycles. The molecule has 3 aromatic rings. The van der Waals surface area contributed by atoms with Gasteiger partial charge in [0.1, 0.15) is 12.4 Å². The molecule has 0 spiro atoms. The summed E-state index contributed by atoms with van der Waals surface area (Å²) in [4.78, 5) is 41.9. The lowest BCUT2D eigenvalue weighted by Gasteiger charge is -2.13. The molecule has 1 aliphatic rings. The molecule has 138 valence electrons. The van der Waals surface area contributed by atoms with Gasteiger partial charge in [-0.3, -0.25) is 9.59 Å². The maximum atomic E-state index is 12.3. The predicted molar refractivity (Wildman–Crippen MR) is 99.6 cm³/mol. The number of carbonyl (C=O) groups excluding carboxylic acids is 3.